The lowest BCUT2D eigenvalue weighted by Gasteiger charge is -2.09. The van der Waals surface area contributed by atoms with Gasteiger partial charge in [0, 0.05) is 0 Å². The highest BCUT2D eigenvalue weighted by Crippen LogP contribution is 2.32. The van der Waals surface area contributed by atoms with Crippen LogP contribution >= 0.6 is 11.3 Å². The molecular weight excluding hydrogens is 276 g/mol. The monoisotopic (exact) mass is 286 g/mol. The van der Waals surface area contributed by atoms with Crippen LogP contribution in [-0.2, 0) is 4.79 Å². The maximum absolute atomic E-state index is 10.3. The third-order valence-electron chi connectivity index (χ3n) is 2.86. The first kappa shape index (κ1) is 12.5. The fraction of sp³-hybridized carbons (Fsp3) is 0.0769. The van der Waals surface area contributed by atoms with Crippen LogP contribution in [0.2, 0.25) is 0 Å². The minimum atomic E-state index is 0.0390. The van der Waals surface area contributed by atoms with Gasteiger partial charge in [0.1, 0.15) is 17.3 Å². The molecule has 2 heterocycles. The zero-order valence-electron chi connectivity index (χ0n) is 10.3. The number of rotatable bonds is 3. The molecule has 3 rings (SSSR count). The number of aldehydes is 1. The first-order valence-corrected chi connectivity index (χ1v) is 6.64. The number of aliphatic hydroxyl groups is 1. The lowest BCUT2D eigenvalue weighted by molar-refractivity contribution is -0.102. The summed E-state index contributed by atoms with van der Waals surface area (Å²) in [5.74, 6) is 0.0803. The van der Waals surface area contributed by atoms with Gasteiger partial charge in [-0.2, -0.15) is 5.10 Å². The van der Waals surface area contributed by atoms with Gasteiger partial charge in [-0.1, -0.05) is 12.1 Å². The van der Waals surface area contributed by atoms with Crippen molar-refractivity contribution in [2.24, 2.45) is 5.10 Å². The number of amidine groups is 1. The van der Waals surface area contributed by atoms with Crippen LogP contribution in [0.4, 0.5) is 0 Å². The quantitative estimate of drug-likeness (QED) is 0.667. The Morgan fingerprint density at radius 3 is 3.00 bits per heavy atom. The number of thiazole rings is 1. The highest BCUT2D eigenvalue weighted by atomic mass is 32.1. The predicted octanol–water partition coefficient (Wildman–Crippen LogP) is 2.04. The summed E-state index contributed by atoms with van der Waals surface area (Å²) < 4.78 is 0.991. The van der Waals surface area contributed by atoms with Crippen LogP contribution in [-0.4, -0.2) is 40.0 Å². The van der Waals surface area contributed by atoms with Crippen LogP contribution in [0.3, 0.4) is 0 Å². The number of benzene rings is 1. The van der Waals surface area contributed by atoms with Gasteiger partial charge >= 0.3 is 0 Å². The molecule has 2 aromatic rings. The fourth-order valence-corrected chi connectivity index (χ4v) is 3.01. The second kappa shape index (κ2) is 4.86. The number of carbonyl (C=O) groups is 1. The number of hydrogen-bond acceptors (Lipinski definition) is 6. The molecular formula is C13H10N4O2S. The van der Waals surface area contributed by atoms with Gasteiger partial charge in [-0.05, 0) is 12.1 Å². The molecule has 0 saturated heterocycles. The van der Waals surface area contributed by atoms with Crippen molar-refractivity contribution >= 4 is 45.5 Å². The second-order valence-corrected chi connectivity index (χ2v) is 5.15. The van der Waals surface area contributed by atoms with E-state index in [0.29, 0.717) is 16.9 Å². The zero-order valence-corrected chi connectivity index (χ0v) is 11.1. The number of hydrazone groups is 1. The summed E-state index contributed by atoms with van der Waals surface area (Å²) in [6.07, 6.45) is 1.57. The standard InChI is InChI=1S/C13H10N4O2S/c14-12-11(9(19)7-17(12)15-5-6-18)13-16-8-3-1-2-4-10(8)20-13/h1-6,14,19H,7H2/b14-12?,15-5-. The topological polar surface area (TPSA) is 89.6 Å². The van der Waals surface area contributed by atoms with E-state index in [-0.39, 0.29) is 18.1 Å². The molecule has 1 aromatic heterocycles. The van der Waals surface area contributed by atoms with E-state index in [1.807, 2.05) is 24.3 Å². The Morgan fingerprint density at radius 2 is 2.25 bits per heavy atom. The first-order chi connectivity index (χ1) is 9.70. The van der Waals surface area contributed by atoms with Crippen LogP contribution in [0, 0.1) is 5.41 Å². The lowest BCUT2D eigenvalue weighted by Crippen LogP contribution is -2.20. The molecule has 20 heavy (non-hydrogen) atoms. The van der Waals surface area contributed by atoms with Gasteiger partial charge in [0.05, 0.1) is 22.0 Å². The lowest BCUT2D eigenvalue weighted by atomic mass is 10.2. The third-order valence-corrected chi connectivity index (χ3v) is 3.91. The van der Waals surface area contributed by atoms with Gasteiger partial charge in [0.2, 0.25) is 0 Å². The van der Waals surface area contributed by atoms with E-state index >= 15 is 0 Å². The number of carbonyl (C=O) groups excluding carboxylic acids is 1. The SMILES string of the molecule is N=C1C(c2nc3ccccc3s2)=C(O)CN1/N=C\C=O. The normalized spacial score (nSPS) is 15.8. The molecule has 0 spiro atoms. The van der Waals surface area contributed by atoms with Crippen LogP contribution in [0.1, 0.15) is 5.01 Å². The van der Waals surface area contributed by atoms with E-state index in [9.17, 15) is 9.90 Å². The summed E-state index contributed by atoms with van der Waals surface area (Å²) in [7, 11) is 0. The molecule has 0 unspecified atom stereocenters. The van der Waals surface area contributed by atoms with Gasteiger partial charge in [-0.25, -0.2) is 9.99 Å². The van der Waals surface area contributed by atoms with Crippen molar-refractivity contribution in [2.45, 2.75) is 0 Å². The molecule has 100 valence electrons. The molecule has 0 fully saturated rings. The molecule has 1 aliphatic rings. The molecule has 6 nitrogen and oxygen atoms in total. The van der Waals surface area contributed by atoms with E-state index in [1.54, 1.807) is 0 Å². The van der Waals surface area contributed by atoms with Gasteiger partial charge < -0.3 is 5.11 Å². The number of aliphatic hydroxyl groups excluding tert-OH is 1. The number of hydrogen-bond donors (Lipinski definition) is 2. The Morgan fingerprint density at radius 1 is 1.45 bits per heavy atom. The average Bonchev–Trinajstić information content (AvgIpc) is 2.97. The van der Waals surface area contributed by atoms with Crippen LogP contribution < -0.4 is 0 Å². The number of fused-ring (bicyclic) bond motifs is 1. The maximum atomic E-state index is 10.3. The van der Waals surface area contributed by atoms with E-state index < -0.39 is 0 Å². The highest BCUT2D eigenvalue weighted by molar-refractivity contribution is 7.19. The maximum Gasteiger partial charge on any atom is 0.162 e. The first-order valence-electron chi connectivity index (χ1n) is 5.83. The van der Waals surface area contributed by atoms with Gasteiger partial charge in [0.15, 0.2) is 12.1 Å². The van der Waals surface area contributed by atoms with Crippen molar-refractivity contribution in [3.05, 3.63) is 35.0 Å². The minimum Gasteiger partial charge on any atom is -0.509 e. The van der Waals surface area contributed by atoms with Gasteiger partial charge in [-0.3, -0.25) is 10.2 Å². The Labute approximate surface area is 118 Å². The van der Waals surface area contributed by atoms with E-state index in [4.69, 9.17) is 5.41 Å². The van der Waals surface area contributed by atoms with E-state index in [2.05, 4.69) is 10.1 Å². The molecule has 1 aliphatic heterocycles. The Kier molecular flexibility index (Phi) is 3.03. The summed E-state index contributed by atoms with van der Waals surface area (Å²) in [5.41, 5.74) is 1.20. The van der Waals surface area contributed by atoms with Crippen LogP contribution in [0.15, 0.2) is 35.1 Å². The van der Waals surface area contributed by atoms with Crippen molar-refractivity contribution in [3.8, 4) is 0 Å². The second-order valence-electron chi connectivity index (χ2n) is 4.12. The largest absolute Gasteiger partial charge is 0.509 e. The number of nitrogens with zero attached hydrogens (tertiary/aromatic N) is 3. The fourth-order valence-electron chi connectivity index (χ4n) is 1.98. The Balaban J connectivity index is 2.00. The van der Waals surface area contributed by atoms with Crippen molar-refractivity contribution in [3.63, 3.8) is 0 Å². The summed E-state index contributed by atoms with van der Waals surface area (Å²) >= 11 is 1.41. The van der Waals surface area contributed by atoms with Crippen LogP contribution in [0.25, 0.3) is 15.8 Å². The number of para-hydroxylation sites is 1. The third kappa shape index (κ3) is 1.97. The number of aromatic nitrogens is 1. The van der Waals surface area contributed by atoms with E-state index in [1.165, 1.54) is 16.3 Å². The molecule has 7 heteroatoms. The predicted molar refractivity (Wildman–Crippen MR) is 78.2 cm³/mol. The Bertz CT molecular complexity index is 730. The molecule has 0 aliphatic carbocycles. The van der Waals surface area contributed by atoms with Crippen molar-refractivity contribution < 1.29 is 9.90 Å². The number of nitrogens with one attached hydrogen (secondary N) is 1. The summed E-state index contributed by atoms with van der Waals surface area (Å²) in [6, 6.07) is 7.63. The smallest absolute Gasteiger partial charge is 0.162 e. The van der Waals surface area contributed by atoms with Crippen molar-refractivity contribution in [2.75, 3.05) is 6.54 Å². The van der Waals surface area contributed by atoms with E-state index in [0.717, 1.165) is 16.4 Å². The van der Waals surface area contributed by atoms with Gasteiger partial charge in [0.25, 0.3) is 0 Å². The molecule has 0 radical (unpaired) electrons. The molecule has 1 aromatic carbocycles. The Hall–Kier alpha value is -2.54. The molecule has 0 saturated carbocycles. The highest BCUT2D eigenvalue weighted by Gasteiger charge is 2.30. The molecule has 0 amide bonds. The van der Waals surface area contributed by atoms with Crippen molar-refractivity contribution in [1.82, 2.24) is 9.99 Å². The molecule has 0 bridgehead atoms. The molecule has 2 N–H and O–H groups in total. The van der Waals surface area contributed by atoms with Crippen LogP contribution in [0.5, 0.6) is 0 Å². The van der Waals surface area contributed by atoms with Gasteiger partial charge in [-0.15, -0.1) is 11.3 Å². The summed E-state index contributed by atoms with van der Waals surface area (Å²) in [6.45, 7) is 0.0778. The van der Waals surface area contributed by atoms with Crippen molar-refractivity contribution in [1.29, 1.82) is 5.41 Å². The summed E-state index contributed by atoms with van der Waals surface area (Å²) in [4.78, 5) is 14.7. The zero-order chi connectivity index (χ0) is 14.1. The summed E-state index contributed by atoms with van der Waals surface area (Å²) in [5, 5.41) is 23.7. The average molecular weight is 286 g/mol. The molecule has 0 atom stereocenters. The minimum absolute atomic E-state index is 0.0390.